The van der Waals surface area contributed by atoms with E-state index in [1.165, 1.54) is 0 Å². The maximum absolute atomic E-state index is 11.5. The van der Waals surface area contributed by atoms with Crippen LogP contribution < -0.4 is 0 Å². The largest absolute Gasteiger partial charge is 0.228 e. The Morgan fingerprint density at radius 1 is 0.941 bits per heavy atom. The Kier molecular flexibility index (Phi) is 2.30. The van der Waals surface area contributed by atoms with Gasteiger partial charge in [-0.1, -0.05) is 48.5 Å². The van der Waals surface area contributed by atoms with Crippen molar-refractivity contribution in [3.63, 3.8) is 0 Å². The predicted molar refractivity (Wildman–Crippen MR) is 70.6 cm³/mol. The van der Waals surface area contributed by atoms with Gasteiger partial charge in [0.25, 0.3) is 0 Å². The maximum Gasteiger partial charge on any atom is 0.158 e. The topological polar surface area (TPSA) is 34.1 Å². The van der Waals surface area contributed by atoms with Crippen molar-refractivity contribution in [2.24, 2.45) is 0 Å². The van der Waals surface area contributed by atoms with Gasteiger partial charge in [-0.25, -0.2) is 8.42 Å². The lowest BCUT2D eigenvalue weighted by Crippen LogP contribution is -2.02. The lowest BCUT2D eigenvalue weighted by Gasteiger charge is -2.06. The summed E-state index contributed by atoms with van der Waals surface area (Å²) in [4.78, 5) is 0. The summed E-state index contributed by atoms with van der Waals surface area (Å²) >= 11 is 0. The fraction of sp³-hybridized carbons (Fsp3) is 0.143. The first-order chi connectivity index (χ1) is 8.16. The molecule has 0 saturated heterocycles. The second kappa shape index (κ2) is 3.70. The Morgan fingerprint density at radius 2 is 1.71 bits per heavy atom. The molecule has 0 fully saturated rings. The number of fused-ring (bicyclic) bond motifs is 1. The van der Waals surface area contributed by atoms with Gasteiger partial charge < -0.3 is 0 Å². The molecule has 1 aliphatic heterocycles. The van der Waals surface area contributed by atoms with Crippen LogP contribution in [0, 0.1) is 0 Å². The average molecular weight is 244 g/mol. The van der Waals surface area contributed by atoms with Gasteiger partial charge in [0.1, 0.15) is 0 Å². The van der Waals surface area contributed by atoms with Gasteiger partial charge in [-0.15, -0.1) is 0 Å². The highest BCUT2D eigenvalue weighted by molar-refractivity contribution is 7.92. The highest BCUT2D eigenvalue weighted by Gasteiger charge is 2.21. The molecule has 0 bridgehead atoms. The van der Waals surface area contributed by atoms with Gasteiger partial charge in [0.05, 0.1) is 11.5 Å². The molecule has 17 heavy (non-hydrogen) atoms. The van der Waals surface area contributed by atoms with Gasteiger partial charge in [-0.05, 0) is 21.9 Å². The van der Waals surface area contributed by atoms with E-state index in [1.807, 2.05) is 48.5 Å². The van der Waals surface area contributed by atoms with Crippen LogP contribution in [-0.2, 0) is 9.84 Å². The van der Waals surface area contributed by atoms with E-state index in [0.29, 0.717) is 0 Å². The minimum Gasteiger partial charge on any atom is -0.228 e. The number of rotatable bonds is 1. The van der Waals surface area contributed by atoms with Gasteiger partial charge in [-0.2, -0.15) is 0 Å². The fourth-order valence-corrected chi connectivity index (χ4v) is 3.60. The van der Waals surface area contributed by atoms with Gasteiger partial charge in [0, 0.05) is 0 Å². The zero-order chi connectivity index (χ0) is 11.9. The molecule has 0 radical (unpaired) electrons. The standard InChI is InChI=1S/C14H12O2S/c15-17(16)9-8-12(10-17)14-7-3-5-11-4-1-2-6-13(11)14/h1-8H,9-10H2. The Balaban J connectivity index is 2.19. The molecule has 0 N–H and O–H groups in total. The summed E-state index contributed by atoms with van der Waals surface area (Å²) in [6.07, 6.45) is 1.83. The molecule has 0 amide bonds. The lowest BCUT2D eigenvalue weighted by molar-refractivity contribution is 0.603. The van der Waals surface area contributed by atoms with E-state index in [1.54, 1.807) is 0 Å². The van der Waals surface area contributed by atoms with E-state index < -0.39 is 9.84 Å². The average Bonchev–Trinajstić information content (AvgIpc) is 2.69. The van der Waals surface area contributed by atoms with Crippen molar-refractivity contribution in [2.75, 3.05) is 11.5 Å². The second-order valence-electron chi connectivity index (χ2n) is 4.31. The van der Waals surface area contributed by atoms with Crippen LogP contribution in [0.5, 0.6) is 0 Å². The smallest absolute Gasteiger partial charge is 0.158 e. The third kappa shape index (κ3) is 1.87. The molecule has 0 atom stereocenters. The van der Waals surface area contributed by atoms with Crippen molar-refractivity contribution >= 4 is 26.2 Å². The van der Waals surface area contributed by atoms with Gasteiger partial charge in [0.15, 0.2) is 9.84 Å². The molecule has 0 unspecified atom stereocenters. The molecular formula is C14H12O2S. The molecule has 0 saturated carbocycles. The Hall–Kier alpha value is -1.61. The van der Waals surface area contributed by atoms with E-state index in [2.05, 4.69) is 0 Å². The van der Waals surface area contributed by atoms with Gasteiger partial charge in [-0.3, -0.25) is 0 Å². The van der Waals surface area contributed by atoms with Crippen molar-refractivity contribution in [1.29, 1.82) is 0 Å². The molecule has 0 aromatic heterocycles. The van der Waals surface area contributed by atoms with Crippen LogP contribution in [0.25, 0.3) is 16.3 Å². The highest BCUT2D eigenvalue weighted by Crippen LogP contribution is 2.29. The quantitative estimate of drug-likeness (QED) is 0.773. The summed E-state index contributed by atoms with van der Waals surface area (Å²) < 4.78 is 23.0. The third-order valence-electron chi connectivity index (χ3n) is 3.09. The molecule has 2 aromatic rings. The Bertz CT molecular complexity index is 707. The van der Waals surface area contributed by atoms with E-state index in [-0.39, 0.29) is 11.5 Å². The van der Waals surface area contributed by atoms with E-state index in [9.17, 15) is 8.42 Å². The first kappa shape index (κ1) is 10.5. The maximum atomic E-state index is 11.5. The van der Waals surface area contributed by atoms with Crippen molar-refractivity contribution in [3.05, 3.63) is 54.1 Å². The number of hydrogen-bond donors (Lipinski definition) is 0. The summed E-state index contributed by atoms with van der Waals surface area (Å²) in [5.74, 6) is 0.340. The van der Waals surface area contributed by atoms with E-state index in [4.69, 9.17) is 0 Å². The van der Waals surface area contributed by atoms with Crippen LogP contribution in [0.4, 0.5) is 0 Å². The van der Waals surface area contributed by atoms with Gasteiger partial charge in [0.2, 0.25) is 0 Å². The van der Waals surface area contributed by atoms with Crippen molar-refractivity contribution in [1.82, 2.24) is 0 Å². The Labute approximate surface area is 101 Å². The van der Waals surface area contributed by atoms with Crippen LogP contribution in [0.3, 0.4) is 0 Å². The summed E-state index contributed by atoms with van der Waals surface area (Å²) in [6.45, 7) is 0. The summed E-state index contributed by atoms with van der Waals surface area (Å²) in [5, 5.41) is 2.27. The van der Waals surface area contributed by atoms with Crippen LogP contribution in [-0.4, -0.2) is 19.9 Å². The van der Waals surface area contributed by atoms with Crippen molar-refractivity contribution in [2.45, 2.75) is 0 Å². The lowest BCUT2D eigenvalue weighted by atomic mass is 9.99. The van der Waals surface area contributed by atoms with Gasteiger partial charge >= 0.3 is 0 Å². The SMILES string of the molecule is O=S1(=O)CC=C(c2cccc3ccccc23)C1. The Morgan fingerprint density at radius 3 is 2.47 bits per heavy atom. The zero-order valence-electron chi connectivity index (χ0n) is 9.26. The molecule has 3 rings (SSSR count). The second-order valence-corrected chi connectivity index (χ2v) is 6.42. The van der Waals surface area contributed by atoms with Crippen LogP contribution in [0.15, 0.2) is 48.5 Å². The number of sulfone groups is 1. The van der Waals surface area contributed by atoms with Crippen molar-refractivity contribution < 1.29 is 8.42 Å². The van der Waals surface area contributed by atoms with E-state index >= 15 is 0 Å². The van der Waals surface area contributed by atoms with Crippen molar-refractivity contribution in [3.8, 4) is 0 Å². The summed E-state index contributed by atoms with van der Waals surface area (Å²) in [7, 11) is -2.90. The predicted octanol–water partition coefficient (Wildman–Crippen LogP) is 2.65. The van der Waals surface area contributed by atoms with Crippen LogP contribution >= 0.6 is 0 Å². The first-order valence-corrected chi connectivity index (χ1v) is 7.35. The fourth-order valence-electron chi connectivity index (χ4n) is 2.28. The monoisotopic (exact) mass is 244 g/mol. The summed E-state index contributed by atoms with van der Waals surface area (Å²) in [6, 6.07) is 14.1. The third-order valence-corrected chi connectivity index (χ3v) is 4.52. The molecule has 1 heterocycles. The normalized spacial score (nSPS) is 18.2. The molecule has 2 nitrogen and oxygen atoms in total. The van der Waals surface area contributed by atoms with Crippen LogP contribution in [0.1, 0.15) is 5.56 Å². The molecule has 3 heteroatoms. The molecule has 0 aliphatic carbocycles. The molecule has 2 aromatic carbocycles. The minimum absolute atomic E-state index is 0.168. The molecule has 86 valence electrons. The zero-order valence-corrected chi connectivity index (χ0v) is 10.1. The molecular weight excluding hydrogens is 232 g/mol. The first-order valence-electron chi connectivity index (χ1n) is 5.53. The molecule has 1 aliphatic rings. The highest BCUT2D eigenvalue weighted by atomic mass is 32.2. The summed E-state index contributed by atoms with van der Waals surface area (Å²) in [5.41, 5.74) is 1.98. The minimum atomic E-state index is -2.90. The van der Waals surface area contributed by atoms with E-state index in [0.717, 1.165) is 21.9 Å². The molecule has 0 spiro atoms. The number of benzene rings is 2. The van der Waals surface area contributed by atoms with Crippen LogP contribution in [0.2, 0.25) is 0 Å². The number of hydrogen-bond acceptors (Lipinski definition) is 2.